The van der Waals surface area contributed by atoms with Crippen LogP contribution in [-0.4, -0.2) is 0 Å². The average molecular weight is 330 g/mol. The van der Waals surface area contributed by atoms with Crippen LogP contribution in [0.5, 0.6) is 0 Å². The first-order valence-corrected chi connectivity index (χ1v) is 7.30. The first-order chi connectivity index (χ1) is 9.51. The number of halogens is 3. The SMILES string of the molecule is Cc1ccc(C(Cc2cc(Cl)ccc2Cl)NN)cc1Cl. The molecule has 2 aromatic carbocycles. The molecule has 0 aliphatic heterocycles. The highest BCUT2D eigenvalue weighted by Crippen LogP contribution is 2.27. The minimum Gasteiger partial charge on any atom is -0.271 e. The lowest BCUT2D eigenvalue weighted by atomic mass is 9.98. The van der Waals surface area contributed by atoms with Crippen molar-refractivity contribution in [3.8, 4) is 0 Å². The summed E-state index contributed by atoms with van der Waals surface area (Å²) >= 11 is 18.4. The van der Waals surface area contributed by atoms with E-state index in [0.29, 0.717) is 16.5 Å². The zero-order valence-electron chi connectivity index (χ0n) is 11.0. The van der Waals surface area contributed by atoms with Gasteiger partial charge in [-0.2, -0.15) is 0 Å². The zero-order valence-corrected chi connectivity index (χ0v) is 13.2. The predicted octanol–water partition coefficient (Wildman–Crippen LogP) is 4.70. The van der Waals surface area contributed by atoms with E-state index in [1.54, 1.807) is 12.1 Å². The van der Waals surface area contributed by atoms with E-state index in [4.69, 9.17) is 40.6 Å². The van der Waals surface area contributed by atoms with Gasteiger partial charge >= 0.3 is 0 Å². The molecule has 0 saturated carbocycles. The third-order valence-electron chi connectivity index (χ3n) is 3.23. The normalized spacial score (nSPS) is 12.4. The van der Waals surface area contributed by atoms with Crippen LogP contribution in [0.2, 0.25) is 15.1 Å². The van der Waals surface area contributed by atoms with Gasteiger partial charge in [0, 0.05) is 15.1 Å². The number of benzene rings is 2. The molecule has 0 aromatic heterocycles. The van der Waals surface area contributed by atoms with E-state index in [1.807, 2.05) is 31.2 Å². The Balaban J connectivity index is 2.28. The van der Waals surface area contributed by atoms with E-state index >= 15 is 0 Å². The maximum absolute atomic E-state index is 6.19. The van der Waals surface area contributed by atoms with Crippen molar-refractivity contribution in [3.63, 3.8) is 0 Å². The second kappa shape index (κ2) is 6.79. The summed E-state index contributed by atoms with van der Waals surface area (Å²) in [5, 5.41) is 2.05. The van der Waals surface area contributed by atoms with Crippen molar-refractivity contribution in [1.82, 2.24) is 5.43 Å². The number of hydrogen-bond donors (Lipinski definition) is 2. The van der Waals surface area contributed by atoms with Crippen molar-refractivity contribution in [1.29, 1.82) is 0 Å². The predicted molar refractivity (Wildman–Crippen MR) is 86.4 cm³/mol. The molecule has 2 rings (SSSR count). The Hall–Kier alpha value is -0.770. The summed E-state index contributed by atoms with van der Waals surface area (Å²) in [6, 6.07) is 11.2. The van der Waals surface area contributed by atoms with Gasteiger partial charge in [-0.3, -0.25) is 11.3 Å². The maximum Gasteiger partial charge on any atom is 0.0501 e. The Morgan fingerprint density at radius 2 is 1.80 bits per heavy atom. The molecule has 0 fully saturated rings. The fourth-order valence-corrected chi connectivity index (χ4v) is 2.60. The van der Waals surface area contributed by atoms with Crippen molar-refractivity contribution in [2.75, 3.05) is 0 Å². The lowest BCUT2D eigenvalue weighted by Crippen LogP contribution is -2.29. The van der Waals surface area contributed by atoms with Gasteiger partial charge < -0.3 is 0 Å². The standard InChI is InChI=1S/C15H15Cl3N2/c1-9-2-3-10(7-14(9)18)15(20-19)8-11-6-12(16)4-5-13(11)17/h2-7,15,20H,8,19H2,1H3. The second-order valence-electron chi connectivity index (χ2n) is 4.67. The highest BCUT2D eigenvalue weighted by atomic mass is 35.5. The van der Waals surface area contributed by atoms with Crippen LogP contribution in [0.25, 0.3) is 0 Å². The average Bonchev–Trinajstić information content (AvgIpc) is 2.43. The van der Waals surface area contributed by atoms with Crippen LogP contribution in [0.3, 0.4) is 0 Å². The molecule has 0 amide bonds. The smallest absolute Gasteiger partial charge is 0.0501 e. The van der Waals surface area contributed by atoms with E-state index in [1.165, 1.54) is 0 Å². The molecule has 0 spiro atoms. The Morgan fingerprint density at radius 1 is 1.05 bits per heavy atom. The van der Waals surface area contributed by atoms with Crippen LogP contribution in [-0.2, 0) is 6.42 Å². The summed E-state index contributed by atoms with van der Waals surface area (Å²) in [5.41, 5.74) is 5.79. The lowest BCUT2D eigenvalue weighted by molar-refractivity contribution is 0.552. The van der Waals surface area contributed by atoms with Crippen LogP contribution in [0, 0.1) is 6.92 Å². The summed E-state index contributed by atoms with van der Waals surface area (Å²) in [7, 11) is 0. The summed E-state index contributed by atoms with van der Waals surface area (Å²) in [5.74, 6) is 5.66. The first-order valence-electron chi connectivity index (χ1n) is 6.17. The van der Waals surface area contributed by atoms with Gasteiger partial charge in [-0.25, -0.2) is 0 Å². The third-order valence-corrected chi connectivity index (χ3v) is 4.24. The highest BCUT2D eigenvalue weighted by Gasteiger charge is 2.14. The minimum atomic E-state index is -0.0796. The van der Waals surface area contributed by atoms with E-state index in [2.05, 4.69) is 5.43 Å². The molecule has 5 heteroatoms. The molecule has 0 aliphatic carbocycles. The Kier molecular flexibility index (Phi) is 5.30. The van der Waals surface area contributed by atoms with E-state index in [-0.39, 0.29) is 6.04 Å². The molecule has 3 N–H and O–H groups in total. The van der Waals surface area contributed by atoms with E-state index in [0.717, 1.165) is 21.7 Å². The third kappa shape index (κ3) is 3.66. The quantitative estimate of drug-likeness (QED) is 0.630. The van der Waals surface area contributed by atoms with E-state index < -0.39 is 0 Å². The fourth-order valence-electron chi connectivity index (χ4n) is 2.02. The van der Waals surface area contributed by atoms with Gasteiger partial charge in [0.05, 0.1) is 6.04 Å². The number of nitrogens with one attached hydrogen (secondary N) is 1. The summed E-state index contributed by atoms with van der Waals surface area (Å²) in [4.78, 5) is 0. The fraction of sp³-hybridized carbons (Fsp3) is 0.200. The van der Waals surface area contributed by atoms with Gasteiger partial charge in [0.25, 0.3) is 0 Å². The van der Waals surface area contributed by atoms with Gasteiger partial charge in [-0.1, -0.05) is 46.9 Å². The van der Waals surface area contributed by atoms with Crippen LogP contribution < -0.4 is 11.3 Å². The van der Waals surface area contributed by atoms with Crippen molar-refractivity contribution in [2.24, 2.45) is 5.84 Å². The lowest BCUT2D eigenvalue weighted by Gasteiger charge is -2.18. The molecule has 0 heterocycles. The molecular weight excluding hydrogens is 315 g/mol. The number of nitrogens with two attached hydrogens (primary N) is 1. The largest absolute Gasteiger partial charge is 0.271 e. The summed E-state index contributed by atoms with van der Waals surface area (Å²) in [6.45, 7) is 1.96. The Labute approximate surface area is 133 Å². The van der Waals surface area contributed by atoms with Crippen LogP contribution in [0.4, 0.5) is 0 Å². The monoisotopic (exact) mass is 328 g/mol. The van der Waals surface area contributed by atoms with Crippen LogP contribution in [0.15, 0.2) is 36.4 Å². The first kappa shape index (κ1) is 15.6. The molecule has 2 aromatic rings. The zero-order chi connectivity index (χ0) is 14.7. The molecule has 20 heavy (non-hydrogen) atoms. The molecule has 106 valence electrons. The van der Waals surface area contributed by atoms with Gasteiger partial charge in [-0.05, 0) is 54.3 Å². The summed E-state index contributed by atoms with van der Waals surface area (Å²) < 4.78 is 0. The van der Waals surface area contributed by atoms with Crippen molar-refractivity contribution < 1.29 is 0 Å². The molecule has 2 nitrogen and oxygen atoms in total. The number of rotatable bonds is 4. The molecule has 0 aliphatic rings. The van der Waals surface area contributed by atoms with Gasteiger partial charge in [0.2, 0.25) is 0 Å². The number of aryl methyl sites for hydroxylation is 1. The highest BCUT2D eigenvalue weighted by molar-refractivity contribution is 6.33. The molecular formula is C15H15Cl3N2. The molecule has 0 saturated heterocycles. The topological polar surface area (TPSA) is 38.0 Å². The van der Waals surface area contributed by atoms with Crippen LogP contribution in [0.1, 0.15) is 22.7 Å². The minimum absolute atomic E-state index is 0.0796. The molecule has 0 radical (unpaired) electrons. The second-order valence-corrected chi connectivity index (χ2v) is 5.92. The van der Waals surface area contributed by atoms with Crippen LogP contribution >= 0.6 is 34.8 Å². The molecule has 1 atom stereocenters. The van der Waals surface area contributed by atoms with Gasteiger partial charge in [-0.15, -0.1) is 0 Å². The Morgan fingerprint density at radius 3 is 2.45 bits per heavy atom. The number of hydrogen-bond acceptors (Lipinski definition) is 2. The van der Waals surface area contributed by atoms with Gasteiger partial charge in [0.15, 0.2) is 0 Å². The van der Waals surface area contributed by atoms with Crippen molar-refractivity contribution >= 4 is 34.8 Å². The van der Waals surface area contributed by atoms with Crippen molar-refractivity contribution in [2.45, 2.75) is 19.4 Å². The van der Waals surface area contributed by atoms with Crippen molar-refractivity contribution in [3.05, 3.63) is 68.2 Å². The maximum atomic E-state index is 6.19. The number of hydrazine groups is 1. The van der Waals surface area contributed by atoms with E-state index in [9.17, 15) is 0 Å². The summed E-state index contributed by atoms with van der Waals surface area (Å²) in [6.07, 6.45) is 0.634. The Bertz CT molecular complexity index is 614. The van der Waals surface area contributed by atoms with Gasteiger partial charge in [0.1, 0.15) is 0 Å². The molecule has 1 unspecified atom stereocenters. The molecule has 0 bridgehead atoms.